The van der Waals surface area contributed by atoms with Crippen molar-refractivity contribution >= 4 is 46.1 Å². The summed E-state index contributed by atoms with van der Waals surface area (Å²) in [6.07, 6.45) is 4.68. The van der Waals surface area contributed by atoms with Crippen LogP contribution in [-0.4, -0.2) is 44.7 Å². The number of piperidine rings is 1. The Bertz CT molecular complexity index is 1220. The smallest absolute Gasteiger partial charge is 0.289 e. The number of benzene rings is 1. The maximum absolute atomic E-state index is 13.2. The minimum Gasteiger partial charge on any atom is -0.337 e. The molecule has 170 valence electrons. The highest BCUT2D eigenvalue weighted by Gasteiger charge is 2.31. The molecule has 1 aliphatic rings. The summed E-state index contributed by atoms with van der Waals surface area (Å²) >= 11 is 7.15. The number of nitrogens with one attached hydrogen (secondary N) is 1. The fourth-order valence-corrected chi connectivity index (χ4v) is 4.91. The molecule has 2 aromatic heterocycles. The number of hydrogen-bond donors (Lipinski definition) is 1. The lowest BCUT2D eigenvalue weighted by atomic mass is 9.96. The van der Waals surface area contributed by atoms with E-state index >= 15 is 0 Å². The first-order chi connectivity index (χ1) is 15.8. The second-order valence-electron chi connectivity index (χ2n) is 7.68. The molecule has 1 N–H and O–H groups in total. The summed E-state index contributed by atoms with van der Waals surface area (Å²) in [5.74, 6) is -0.871. The van der Waals surface area contributed by atoms with E-state index in [0.29, 0.717) is 35.6 Å². The maximum atomic E-state index is 13.2. The topological polar surface area (TPSA) is 118 Å². The fraction of sp³-hybridized carbons (Fsp3) is 0.273. The summed E-state index contributed by atoms with van der Waals surface area (Å²) in [4.78, 5) is 47.4. The molecule has 1 saturated heterocycles. The first-order valence-electron chi connectivity index (χ1n) is 10.3. The first kappa shape index (κ1) is 22.8. The molecule has 11 heteroatoms. The Morgan fingerprint density at radius 3 is 2.88 bits per heavy atom. The lowest BCUT2D eigenvalue weighted by molar-refractivity contribution is -0.384. The van der Waals surface area contributed by atoms with Crippen LogP contribution in [0.4, 0.5) is 11.4 Å². The molecule has 1 unspecified atom stereocenters. The van der Waals surface area contributed by atoms with Gasteiger partial charge in [-0.3, -0.25) is 24.7 Å². The number of aromatic nitrogens is 2. The Hall–Kier alpha value is -3.37. The Balaban J connectivity index is 1.46. The van der Waals surface area contributed by atoms with E-state index < -0.39 is 10.8 Å². The number of pyridine rings is 1. The van der Waals surface area contributed by atoms with Crippen LogP contribution in [0.2, 0.25) is 5.02 Å². The molecule has 0 saturated carbocycles. The Morgan fingerprint density at radius 2 is 2.15 bits per heavy atom. The first-order valence-corrected chi connectivity index (χ1v) is 11.4. The van der Waals surface area contributed by atoms with E-state index in [9.17, 15) is 19.7 Å². The van der Waals surface area contributed by atoms with Gasteiger partial charge in [0, 0.05) is 42.8 Å². The average Bonchev–Trinajstić information content (AvgIpc) is 3.21. The SMILES string of the molecule is Cc1nc(-c2cccnc2)sc1C(=O)N1CCCC(C(=O)Nc2ccc(Cl)c([N+](=O)[O-])c2)C1. The van der Waals surface area contributed by atoms with Gasteiger partial charge in [-0.05, 0) is 44.0 Å². The van der Waals surface area contributed by atoms with Gasteiger partial charge < -0.3 is 10.2 Å². The number of likely N-dealkylation sites (tertiary alicyclic amines) is 1. The van der Waals surface area contributed by atoms with E-state index in [0.717, 1.165) is 10.6 Å². The van der Waals surface area contributed by atoms with Crippen molar-refractivity contribution in [2.75, 3.05) is 18.4 Å². The number of thiazole rings is 1. The molecule has 9 nitrogen and oxygen atoms in total. The van der Waals surface area contributed by atoms with Gasteiger partial charge in [0.2, 0.25) is 5.91 Å². The van der Waals surface area contributed by atoms with Crippen LogP contribution >= 0.6 is 22.9 Å². The number of nitrogens with zero attached hydrogens (tertiary/aromatic N) is 4. The number of aryl methyl sites for hydroxylation is 1. The standard InChI is InChI=1S/C22H20ClN5O4S/c1-13-19(33-21(25-13)14-4-2-8-24-11-14)22(30)27-9-3-5-15(12-27)20(29)26-16-6-7-17(23)18(10-16)28(31)32/h2,4,6-8,10-11,15H,3,5,9,12H2,1H3,(H,26,29). The van der Waals surface area contributed by atoms with Gasteiger partial charge in [0.1, 0.15) is 14.9 Å². The van der Waals surface area contributed by atoms with Crippen LogP contribution in [0, 0.1) is 23.0 Å². The van der Waals surface area contributed by atoms with Crippen molar-refractivity contribution in [2.45, 2.75) is 19.8 Å². The van der Waals surface area contributed by atoms with Crippen molar-refractivity contribution in [3.05, 3.63) is 68.4 Å². The zero-order valence-corrected chi connectivity index (χ0v) is 19.2. The second-order valence-corrected chi connectivity index (χ2v) is 9.08. The molecule has 3 aromatic rings. The third-order valence-corrected chi connectivity index (χ3v) is 6.90. The van der Waals surface area contributed by atoms with Crippen LogP contribution in [0.15, 0.2) is 42.7 Å². The molecule has 3 heterocycles. The lowest BCUT2D eigenvalue weighted by Gasteiger charge is -2.31. The highest BCUT2D eigenvalue weighted by atomic mass is 35.5. The van der Waals surface area contributed by atoms with Crippen molar-refractivity contribution in [3.63, 3.8) is 0 Å². The average molecular weight is 486 g/mol. The van der Waals surface area contributed by atoms with E-state index in [2.05, 4.69) is 15.3 Å². The van der Waals surface area contributed by atoms with Gasteiger partial charge in [0.05, 0.1) is 16.5 Å². The summed E-state index contributed by atoms with van der Waals surface area (Å²) < 4.78 is 0. The van der Waals surface area contributed by atoms with Crippen LogP contribution in [0.5, 0.6) is 0 Å². The van der Waals surface area contributed by atoms with Crippen LogP contribution in [0.25, 0.3) is 10.6 Å². The minimum atomic E-state index is -0.601. The lowest BCUT2D eigenvalue weighted by Crippen LogP contribution is -2.43. The molecule has 1 aliphatic heterocycles. The van der Waals surface area contributed by atoms with E-state index in [-0.39, 0.29) is 29.1 Å². The predicted molar refractivity (Wildman–Crippen MR) is 125 cm³/mol. The number of nitro benzene ring substituents is 1. The maximum Gasteiger partial charge on any atom is 0.289 e. The van der Waals surface area contributed by atoms with Gasteiger partial charge in [-0.2, -0.15) is 0 Å². The molecule has 1 aromatic carbocycles. The number of carbonyl (C=O) groups is 2. The Morgan fingerprint density at radius 1 is 1.33 bits per heavy atom. The molecule has 0 radical (unpaired) electrons. The molecule has 2 amide bonds. The molecule has 1 fully saturated rings. The second kappa shape index (κ2) is 9.63. The summed E-state index contributed by atoms with van der Waals surface area (Å²) in [6.45, 7) is 2.61. The quantitative estimate of drug-likeness (QED) is 0.418. The number of nitro groups is 1. The van der Waals surface area contributed by atoms with Gasteiger partial charge in [-0.15, -0.1) is 11.3 Å². The summed E-state index contributed by atoms with van der Waals surface area (Å²) in [5, 5.41) is 14.5. The molecule has 1 atom stereocenters. The zero-order valence-electron chi connectivity index (χ0n) is 17.7. The molecule has 0 spiro atoms. The summed E-state index contributed by atoms with van der Waals surface area (Å²) in [7, 11) is 0. The van der Waals surface area contributed by atoms with Crippen molar-refractivity contribution in [2.24, 2.45) is 5.92 Å². The minimum absolute atomic E-state index is 0.00184. The van der Waals surface area contributed by atoms with Crippen molar-refractivity contribution in [3.8, 4) is 10.6 Å². The largest absolute Gasteiger partial charge is 0.337 e. The van der Waals surface area contributed by atoms with E-state index in [4.69, 9.17) is 11.6 Å². The van der Waals surface area contributed by atoms with E-state index in [1.54, 1.807) is 24.2 Å². The number of hydrogen-bond acceptors (Lipinski definition) is 7. The zero-order chi connectivity index (χ0) is 23.5. The third kappa shape index (κ3) is 5.01. The highest BCUT2D eigenvalue weighted by Crippen LogP contribution is 2.31. The van der Waals surface area contributed by atoms with Crippen molar-refractivity contribution in [1.82, 2.24) is 14.9 Å². The van der Waals surface area contributed by atoms with E-state index in [1.165, 1.54) is 29.5 Å². The monoisotopic (exact) mass is 485 g/mol. The Kier molecular flexibility index (Phi) is 6.66. The van der Waals surface area contributed by atoms with Crippen LogP contribution < -0.4 is 5.32 Å². The molecule has 0 aliphatic carbocycles. The predicted octanol–water partition coefficient (Wildman–Crippen LogP) is 4.57. The third-order valence-electron chi connectivity index (χ3n) is 5.39. The van der Waals surface area contributed by atoms with Crippen LogP contribution in [-0.2, 0) is 4.79 Å². The van der Waals surface area contributed by atoms with Gasteiger partial charge in [-0.25, -0.2) is 4.98 Å². The van der Waals surface area contributed by atoms with Gasteiger partial charge in [0.25, 0.3) is 11.6 Å². The number of anilines is 1. The highest BCUT2D eigenvalue weighted by molar-refractivity contribution is 7.17. The Labute approximate surface area is 198 Å². The fourth-order valence-electron chi connectivity index (χ4n) is 3.70. The summed E-state index contributed by atoms with van der Waals surface area (Å²) in [6, 6.07) is 7.82. The molecule has 33 heavy (non-hydrogen) atoms. The van der Waals surface area contributed by atoms with Gasteiger partial charge in [-0.1, -0.05) is 11.6 Å². The van der Waals surface area contributed by atoms with Crippen molar-refractivity contribution < 1.29 is 14.5 Å². The molecule has 0 bridgehead atoms. The van der Waals surface area contributed by atoms with Crippen molar-refractivity contribution in [1.29, 1.82) is 0 Å². The number of amides is 2. The van der Waals surface area contributed by atoms with Gasteiger partial charge >= 0.3 is 0 Å². The molecule has 4 rings (SSSR count). The van der Waals surface area contributed by atoms with Gasteiger partial charge in [0.15, 0.2) is 0 Å². The molecular weight excluding hydrogens is 466 g/mol. The summed E-state index contributed by atoms with van der Waals surface area (Å²) in [5.41, 5.74) is 1.50. The van der Waals surface area contributed by atoms with Crippen LogP contribution in [0.3, 0.4) is 0 Å². The number of carbonyl (C=O) groups excluding carboxylic acids is 2. The normalized spacial score (nSPS) is 15.8. The number of rotatable bonds is 5. The van der Waals surface area contributed by atoms with E-state index in [1.807, 2.05) is 12.1 Å². The van der Waals surface area contributed by atoms with Crippen LogP contribution in [0.1, 0.15) is 28.2 Å². The molecular formula is C22H20ClN5O4S. The number of halogens is 1.